The number of carbonyl (C=O) groups excluding carboxylic acids is 1. The molecule has 1 amide bonds. The second-order valence-corrected chi connectivity index (χ2v) is 4.37. The Labute approximate surface area is 103 Å². The number of hydrogen-bond donors (Lipinski definition) is 1. The van der Waals surface area contributed by atoms with Gasteiger partial charge in [0.15, 0.2) is 0 Å². The highest BCUT2D eigenvalue weighted by molar-refractivity contribution is 5.80. The summed E-state index contributed by atoms with van der Waals surface area (Å²) in [5.41, 5.74) is 0. The second kappa shape index (κ2) is 6.39. The van der Waals surface area contributed by atoms with Crippen LogP contribution in [0.25, 0.3) is 0 Å². The molecule has 96 valence electrons. The number of nitrogens with one attached hydrogen (secondary N) is 1. The van der Waals surface area contributed by atoms with Crippen molar-refractivity contribution in [1.29, 1.82) is 0 Å². The van der Waals surface area contributed by atoms with Gasteiger partial charge in [-0.15, -0.1) is 0 Å². The van der Waals surface area contributed by atoms with Crippen molar-refractivity contribution < 1.29 is 4.79 Å². The minimum absolute atomic E-state index is 0.0820. The van der Waals surface area contributed by atoms with Gasteiger partial charge in [0, 0.05) is 33.0 Å². The fourth-order valence-electron chi connectivity index (χ4n) is 1.67. The average Bonchev–Trinajstić information content (AvgIpc) is 2.73. The largest absolute Gasteiger partial charge is 0.347 e. The molecule has 17 heavy (non-hydrogen) atoms. The van der Waals surface area contributed by atoms with E-state index in [1.165, 1.54) is 0 Å². The highest BCUT2D eigenvalue weighted by Crippen LogP contribution is 2.00. The molecular weight excluding hydrogens is 216 g/mol. The Bertz CT molecular complexity index is 359. The Morgan fingerprint density at radius 2 is 2.29 bits per heavy atom. The van der Waals surface area contributed by atoms with Gasteiger partial charge in [-0.05, 0) is 13.3 Å². The zero-order valence-electron chi connectivity index (χ0n) is 11.1. The number of aryl methyl sites for hydroxylation is 1. The number of carbonyl (C=O) groups is 1. The molecule has 5 nitrogen and oxygen atoms in total. The zero-order valence-corrected chi connectivity index (χ0v) is 11.1. The number of imidazole rings is 1. The maximum atomic E-state index is 11.6. The molecule has 0 aliphatic heterocycles. The summed E-state index contributed by atoms with van der Waals surface area (Å²) in [6.07, 6.45) is 4.85. The second-order valence-electron chi connectivity index (χ2n) is 4.37. The Morgan fingerprint density at radius 1 is 1.59 bits per heavy atom. The predicted octanol–water partition coefficient (Wildman–Crippen LogP) is 0.859. The Hall–Kier alpha value is -1.36. The molecule has 0 aliphatic rings. The highest BCUT2D eigenvalue weighted by Gasteiger charge is 2.14. The molecule has 5 heteroatoms. The third kappa shape index (κ3) is 3.85. The summed E-state index contributed by atoms with van der Waals surface area (Å²) in [6.45, 7) is 5.59. The number of aromatic nitrogens is 2. The van der Waals surface area contributed by atoms with Crippen LogP contribution in [0.3, 0.4) is 0 Å². The molecule has 1 heterocycles. The molecule has 0 bridgehead atoms. The van der Waals surface area contributed by atoms with Crippen LogP contribution in [0.5, 0.6) is 0 Å². The van der Waals surface area contributed by atoms with Gasteiger partial charge < -0.3 is 9.47 Å². The van der Waals surface area contributed by atoms with Gasteiger partial charge in [0.05, 0.1) is 12.6 Å². The summed E-state index contributed by atoms with van der Waals surface area (Å²) in [6, 6.07) is -0.184. The zero-order chi connectivity index (χ0) is 12.8. The van der Waals surface area contributed by atoms with Crippen molar-refractivity contribution in [3.63, 3.8) is 0 Å². The molecule has 0 saturated carbocycles. The summed E-state index contributed by atoms with van der Waals surface area (Å²) < 4.78 is 2.11. The van der Waals surface area contributed by atoms with Crippen molar-refractivity contribution in [2.75, 3.05) is 14.1 Å². The molecule has 1 atom stereocenters. The van der Waals surface area contributed by atoms with E-state index in [1.807, 2.05) is 13.1 Å². The van der Waals surface area contributed by atoms with Crippen molar-refractivity contribution in [1.82, 2.24) is 19.8 Å². The van der Waals surface area contributed by atoms with Gasteiger partial charge in [0.25, 0.3) is 0 Å². The van der Waals surface area contributed by atoms with Crippen LogP contribution >= 0.6 is 0 Å². The Morgan fingerprint density at radius 3 is 2.88 bits per heavy atom. The predicted molar refractivity (Wildman–Crippen MR) is 67.5 cm³/mol. The molecule has 0 aliphatic carbocycles. The number of amides is 1. The monoisotopic (exact) mass is 238 g/mol. The first-order valence-electron chi connectivity index (χ1n) is 6.00. The molecule has 1 rings (SSSR count). The van der Waals surface area contributed by atoms with Gasteiger partial charge in [0.1, 0.15) is 5.82 Å². The molecule has 0 spiro atoms. The van der Waals surface area contributed by atoms with E-state index in [4.69, 9.17) is 0 Å². The van der Waals surface area contributed by atoms with E-state index in [-0.39, 0.29) is 11.9 Å². The van der Waals surface area contributed by atoms with Gasteiger partial charge in [-0.3, -0.25) is 10.1 Å². The molecule has 0 fully saturated rings. The molecule has 1 aromatic heterocycles. The molecule has 0 radical (unpaired) electrons. The van der Waals surface area contributed by atoms with Gasteiger partial charge in [0.2, 0.25) is 5.91 Å². The van der Waals surface area contributed by atoms with Crippen LogP contribution in [0, 0.1) is 0 Å². The Kier molecular flexibility index (Phi) is 5.15. The standard InChI is InChI=1S/C12H22N4O/c1-5-7-16-8-6-13-11(16)9-14-10(2)12(17)15(3)4/h6,8,10,14H,5,7,9H2,1-4H3. The summed E-state index contributed by atoms with van der Waals surface area (Å²) >= 11 is 0. The number of hydrogen-bond acceptors (Lipinski definition) is 3. The van der Waals surface area contributed by atoms with Gasteiger partial charge in [-0.25, -0.2) is 4.98 Å². The first-order chi connectivity index (χ1) is 8.06. The van der Waals surface area contributed by atoms with E-state index in [0.29, 0.717) is 6.54 Å². The van der Waals surface area contributed by atoms with Crippen LogP contribution in [0.1, 0.15) is 26.1 Å². The van der Waals surface area contributed by atoms with Crippen LogP contribution in [-0.2, 0) is 17.9 Å². The molecule has 1 aromatic rings. The lowest BCUT2D eigenvalue weighted by Gasteiger charge is -2.18. The molecule has 0 saturated heterocycles. The normalized spacial score (nSPS) is 12.5. The fourth-order valence-corrected chi connectivity index (χ4v) is 1.67. The smallest absolute Gasteiger partial charge is 0.238 e. The molecule has 1 N–H and O–H groups in total. The quantitative estimate of drug-likeness (QED) is 0.799. The van der Waals surface area contributed by atoms with Crippen LogP contribution in [-0.4, -0.2) is 40.5 Å². The summed E-state index contributed by atoms with van der Waals surface area (Å²) in [5.74, 6) is 1.06. The topological polar surface area (TPSA) is 50.2 Å². The highest BCUT2D eigenvalue weighted by atomic mass is 16.2. The SMILES string of the molecule is CCCn1ccnc1CNC(C)C(=O)N(C)C. The summed E-state index contributed by atoms with van der Waals surface area (Å²) in [7, 11) is 3.52. The van der Waals surface area contributed by atoms with Crippen LogP contribution < -0.4 is 5.32 Å². The van der Waals surface area contributed by atoms with Crippen molar-refractivity contribution in [2.24, 2.45) is 0 Å². The lowest BCUT2D eigenvalue weighted by molar-refractivity contribution is -0.130. The first-order valence-corrected chi connectivity index (χ1v) is 6.00. The third-order valence-corrected chi connectivity index (χ3v) is 2.64. The number of nitrogens with zero attached hydrogens (tertiary/aromatic N) is 3. The van der Waals surface area contributed by atoms with Gasteiger partial charge in [-0.1, -0.05) is 6.92 Å². The summed E-state index contributed by atoms with van der Waals surface area (Å²) in [4.78, 5) is 17.5. The van der Waals surface area contributed by atoms with Crippen LogP contribution in [0.15, 0.2) is 12.4 Å². The van der Waals surface area contributed by atoms with Crippen LogP contribution in [0.2, 0.25) is 0 Å². The van der Waals surface area contributed by atoms with E-state index in [2.05, 4.69) is 21.8 Å². The lowest BCUT2D eigenvalue weighted by atomic mass is 10.3. The lowest BCUT2D eigenvalue weighted by Crippen LogP contribution is -2.41. The average molecular weight is 238 g/mol. The maximum Gasteiger partial charge on any atom is 0.238 e. The van der Waals surface area contributed by atoms with Gasteiger partial charge >= 0.3 is 0 Å². The molecule has 1 unspecified atom stereocenters. The first kappa shape index (κ1) is 13.7. The van der Waals surface area contributed by atoms with E-state index in [9.17, 15) is 4.79 Å². The van der Waals surface area contributed by atoms with Crippen molar-refractivity contribution in [3.05, 3.63) is 18.2 Å². The maximum absolute atomic E-state index is 11.6. The number of rotatable bonds is 6. The van der Waals surface area contributed by atoms with E-state index < -0.39 is 0 Å². The van der Waals surface area contributed by atoms with Crippen molar-refractivity contribution in [3.8, 4) is 0 Å². The van der Waals surface area contributed by atoms with E-state index >= 15 is 0 Å². The minimum atomic E-state index is -0.184. The van der Waals surface area contributed by atoms with Crippen LogP contribution in [0.4, 0.5) is 0 Å². The molecule has 0 aromatic carbocycles. The van der Waals surface area contributed by atoms with Crippen molar-refractivity contribution >= 4 is 5.91 Å². The van der Waals surface area contributed by atoms with Gasteiger partial charge in [-0.2, -0.15) is 0 Å². The Balaban J connectivity index is 2.49. The van der Waals surface area contributed by atoms with E-state index in [1.54, 1.807) is 25.2 Å². The number of likely N-dealkylation sites (N-methyl/N-ethyl adjacent to an activating group) is 1. The fraction of sp³-hybridized carbons (Fsp3) is 0.667. The third-order valence-electron chi connectivity index (χ3n) is 2.64. The minimum Gasteiger partial charge on any atom is -0.347 e. The molecular formula is C12H22N4O. The van der Waals surface area contributed by atoms with Crippen molar-refractivity contribution in [2.45, 2.75) is 39.4 Å². The van der Waals surface area contributed by atoms with E-state index in [0.717, 1.165) is 18.8 Å². The summed E-state index contributed by atoms with van der Waals surface area (Å²) in [5, 5.41) is 3.19.